The van der Waals surface area contributed by atoms with Crippen LogP contribution < -0.4 is 5.73 Å². The van der Waals surface area contributed by atoms with E-state index in [0.29, 0.717) is 5.56 Å². The molecule has 88 valence electrons. The fourth-order valence-corrected chi connectivity index (χ4v) is 3.05. The van der Waals surface area contributed by atoms with Crippen LogP contribution in [0.15, 0.2) is 18.2 Å². The van der Waals surface area contributed by atoms with E-state index in [0.717, 1.165) is 30.6 Å². The second-order valence-electron chi connectivity index (χ2n) is 4.92. The van der Waals surface area contributed by atoms with Crippen molar-refractivity contribution >= 4 is 0 Å². The Labute approximate surface area is 100 Å². The number of aliphatic hydroxyl groups is 1. The van der Waals surface area contributed by atoms with Gasteiger partial charge >= 0.3 is 0 Å². The molecule has 1 fully saturated rings. The van der Waals surface area contributed by atoms with Crippen LogP contribution in [-0.4, -0.2) is 28.6 Å². The van der Waals surface area contributed by atoms with Gasteiger partial charge in [0, 0.05) is 25.2 Å². The van der Waals surface area contributed by atoms with Crippen molar-refractivity contribution < 1.29 is 5.11 Å². The number of benzene rings is 1. The standard InChI is InChI=1S/C13H15N3O/c14-5-8-2-1-3-10-11(8)7-16-6-9(15)4-12(16)13(10)17/h1-3,9,12-13,17H,4,6-7,15H2. The Kier molecular flexibility index (Phi) is 2.40. The topological polar surface area (TPSA) is 73.3 Å². The van der Waals surface area contributed by atoms with Crippen molar-refractivity contribution in [1.29, 1.82) is 5.26 Å². The number of hydrogen-bond acceptors (Lipinski definition) is 4. The Bertz CT molecular complexity index is 494. The largest absolute Gasteiger partial charge is 0.387 e. The number of rotatable bonds is 0. The van der Waals surface area contributed by atoms with Gasteiger partial charge in [-0.3, -0.25) is 4.90 Å². The Morgan fingerprint density at radius 3 is 3.06 bits per heavy atom. The zero-order valence-electron chi connectivity index (χ0n) is 9.50. The number of aliphatic hydroxyl groups excluding tert-OH is 1. The molecule has 3 atom stereocenters. The maximum atomic E-state index is 10.4. The molecule has 2 aliphatic rings. The summed E-state index contributed by atoms with van der Waals surface area (Å²) in [5, 5.41) is 19.5. The van der Waals surface area contributed by atoms with Gasteiger partial charge in [0.25, 0.3) is 0 Å². The SMILES string of the molecule is N#Cc1cccc2c1CN1CC(N)CC1C2O. The summed E-state index contributed by atoms with van der Waals surface area (Å²) >= 11 is 0. The third kappa shape index (κ3) is 1.55. The van der Waals surface area contributed by atoms with Crippen LogP contribution in [0.5, 0.6) is 0 Å². The first-order valence-electron chi connectivity index (χ1n) is 5.90. The molecule has 3 rings (SSSR count). The summed E-state index contributed by atoms with van der Waals surface area (Å²) in [6.07, 6.45) is 0.317. The van der Waals surface area contributed by atoms with Crippen LogP contribution in [-0.2, 0) is 6.54 Å². The summed E-state index contributed by atoms with van der Waals surface area (Å²) in [4.78, 5) is 2.19. The van der Waals surface area contributed by atoms with E-state index in [1.165, 1.54) is 0 Å². The predicted molar refractivity (Wildman–Crippen MR) is 62.9 cm³/mol. The maximum Gasteiger partial charge on any atom is 0.0995 e. The highest BCUT2D eigenvalue weighted by Crippen LogP contribution is 2.37. The minimum atomic E-state index is -0.513. The molecule has 0 spiro atoms. The predicted octanol–water partition coefficient (Wildman–Crippen LogP) is 0.507. The Balaban J connectivity index is 2.06. The minimum Gasteiger partial charge on any atom is -0.387 e. The van der Waals surface area contributed by atoms with Crippen molar-refractivity contribution in [3.63, 3.8) is 0 Å². The van der Waals surface area contributed by atoms with Crippen molar-refractivity contribution in [3.8, 4) is 6.07 Å². The van der Waals surface area contributed by atoms with E-state index in [1.54, 1.807) is 0 Å². The van der Waals surface area contributed by atoms with Crippen LogP contribution in [0.25, 0.3) is 0 Å². The van der Waals surface area contributed by atoms with Crippen molar-refractivity contribution in [1.82, 2.24) is 4.90 Å². The summed E-state index contributed by atoms with van der Waals surface area (Å²) < 4.78 is 0. The molecule has 0 aliphatic carbocycles. The van der Waals surface area contributed by atoms with E-state index in [2.05, 4.69) is 11.0 Å². The minimum absolute atomic E-state index is 0.117. The molecule has 0 amide bonds. The summed E-state index contributed by atoms with van der Waals surface area (Å²) in [6, 6.07) is 8.01. The quantitative estimate of drug-likeness (QED) is 0.679. The number of nitriles is 1. The molecule has 1 saturated heterocycles. The van der Waals surface area contributed by atoms with Gasteiger partial charge in [-0.2, -0.15) is 5.26 Å². The molecular weight excluding hydrogens is 214 g/mol. The Morgan fingerprint density at radius 2 is 2.29 bits per heavy atom. The lowest BCUT2D eigenvalue weighted by Gasteiger charge is -2.35. The third-order valence-corrected chi connectivity index (χ3v) is 3.86. The highest BCUT2D eigenvalue weighted by atomic mass is 16.3. The van der Waals surface area contributed by atoms with Crippen LogP contribution in [0, 0.1) is 11.3 Å². The molecule has 4 heteroatoms. The molecule has 1 aromatic rings. The molecular formula is C13H15N3O. The lowest BCUT2D eigenvalue weighted by Crippen LogP contribution is -2.39. The van der Waals surface area contributed by atoms with Crippen molar-refractivity contribution in [2.24, 2.45) is 5.73 Å². The normalized spacial score (nSPS) is 31.7. The monoisotopic (exact) mass is 229 g/mol. The maximum absolute atomic E-state index is 10.4. The average molecular weight is 229 g/mol. The van der Waals surface area contributed by atoms with Gasteiger partial charge in [-0.25, -0.2) is 0 Å². The second kappa shape index (κ2) is 3.81. The molecule has 2 aliphatic heterocycles. The molecule has 4 nitrogen and oxygen atoms in total. The van der Waals surface area contributed by atoms with Crippen molar-refractivity contribution in [2.75, 3.05) is 6.54 Å². The molecule has 0 bridgehead atoms. The first-order chi connectivity index (χ1) is 8.20. The molecule has 1 aromatic carbocycles. The number of nitrogens with two attached hydrogens (primary N) is 1. The van der Waals surface area contributed by atoms with Gasteiger partial charge in [-0.1, -0.05) is 12.1 Å². The summed E-state index contributed by atoms with van der Waals surface area (Å²) in [5.74, 6) is 0. The van der Waals surface area contributed by atoms with Gasteiger partial charge in [-0.15, -0.1) is 0 Å². The lowest BCUT2D eigenvalue weighted by atomic mass is 9.89. The molecule has 17 heavy (non-hydrogen) atoms. The lowest BCUT2D eigenvalue weighted by molar-refractivity contribution is 0.0533. The Morgan fingerprint density at radius 1 is 1.47 bits per heavy atom. The van der Waals surface area contributed by atoms with Crippen molar-refractivity contribution in [3.05, 3.63) is 34.9 Å². The molecule has 3 unspecified atom stereocenters. The van der Waals surface area contributed by atoms with Crippen LogP contribution in [0.4, 0.5) is 0 Å². The smallest absolute Gasteiger partial charge is 0.0995 e. The Hall–Kier alpha value is -1.41. The third-order valence-electron chi connectivity index (χ3n) is 3.86. The van der Waals surface area contributed by atoms with Gasteiger partial charge in [0.1, 0.15) is 0 Å². The van der Waals surface area contributed by atoms with Gasteiger partial charge in [0.05, 0.1) is 17.7 Å². The van der Waals surface area contributed by atoms with Gasteiger partial charge in [0.2, 0.25) is 0 Å². The van der Waals surface area contributed by atoms with E-state index in [1.807, 2.05) is 18.2 Å². The zero-order chi connectivity index (χ0) is 12.0. The van der Waals surface area contributed by atoms with Crippen LogP contribution in [0.3, 0.4) is 0 Å². The van der Waals surface area contributed by atoms with E-state index < -0.39 is 6.10 Å². The molecule has 2 heterocycles. The van der Waals surface area contributed by atoms with Crippen LogP contribution >= 0.6 is 0 Å². The zero-order valence-corrected chi connectivity index (χ0v) is 9.50. The van der Waals surface area contributed by atoms with E-state index in [-0.39, 0.29) is 12.1 Å². The molecule has 3 N–H and O–H groups in total. The first kappa shape index (κ1) is 10.7. The number of nitrogens with zero attached hydrogens (tertiary/aromatic N) is 2. The highest BCUT2D eigenvalue weighted by Gasteiger charge is 2.40. The fraction of sp³-hybridized carbons (Fsp3) is 0.462. The molecule has 0 saturated carbocycles. The summed E-state index contributed by atoms with van der Waals surface area (Å²) in [5.41, 5.74) is 8.48. The van der Waals surface area contributed by atoms with E-state index >= 15 is 0 Å². The van der Waals surface area contributed by atoms with Crippen LogP contribution in [0.1, 0.15) is 29.2 Å². The molecule has 0 radical (unpaired) electrons. The fourth-order valence-electron chi connectivity index (χ4n) is 3.05. The summed E-state index contributed by atoms with van der Waals surface area (Å²) in [6.45, 7) is 1.54. The van der Waals surface area contributed by atoms with E-state index in [4.69, 9.17) is 11.0 Å². The first-order valence-corrected chi connectivity index (χ1v) is 5.90. The van der Waals surface area contributed by atoms with E-state index in [9.17, 15) is 5.11 Å². The van der Waals surface area contributed by atoms with Gasteiger partial charge in [-0.05, 0) is 23.6 Å². The van der Waals surface area contributed by atoms with Gasteiger partial charge in [0.15, 0.2) is 0 Å². The van der Waals surface area contributed by atoms with Gasteiger partial charge < -0.3 is 10.8 Å². The average Bonchev–Trinajstić information content (AvgIpc) is 2.70. The van der Waals surface area contributed by atoms with Crippen LogP contribution in [0.2, 0.25) is 0 Å². The number of fused-ring (bicyclic) bond motifs is 2. The van der Waals surface area contributed by atoms with Crippen molar-refractivity contribution in [2.45, 2.75) is 31.2 Å². The highest BCUT2D eigenvalue weighted by molar-refractivity contribution is 5.45. The second-order valence-corrected chi connectivity index (χ2v) is 4.92. The number of hydrogen-bond donors (Lipinski definition) is 2. The summed E-state index contributed by atoms with van der Waals surface area (Å²) in [7, 11) is 0. The molecule has 0 aromatic heterocycles.